The summed E-state index contributed by atoms with van der Waals surface area (Å²) in [6.07, 6.45) is 1.63. The van der Waals surface area contributed by atoms with E-state index in [0.717, 1.165) is 11.3 Å². The summed E-state index contributed by atoms with van der Waals surface area (Å²) in [5, 5.41) is 7.41. The lowest BCUT2D eigenvalue weighted by atomic mass is 10.2. The van der Waals surface area contributed by atoms with E-state index in [9.17, 15) is 9.59 Å². The summed E-state index contributed by atoms with van der Waals surface area (Å²) in [5.41, 5.74) is 1.88. The lowest BCUT2D eigenvalue weighted by Crippen LogP contribution is -2.49. The molecule has 0 saturated carbocycles. The van der Waals surface area contributed by atoms with Crippen LogP contribution in [0.25, 0.3) is 5.69 Å². The monoisotopic (exact) mass is 481 g/mol. The SMILES string of the molecule is O=C(CN1CCN(c2cnn(-c3ccccc3)c(=O)c2Cl)CC1)NCc1ccc2c(c1)OCO2. The molecule has 0 spiro atoms. The minimum Gasteiger partial charge on any atom is -0.454 e. The van der Waals surface area contributed by atoms with Gasteiger partial charge in [-0.1, -0.05) is 35.9 Å². The molecule has 9 nitrogen and oxygen atoms in total. The molecule has 2 aromatic carbocycles. The van der Waals surface area contributed by atoms with Crippen LogP contribution < -0.4 is 25.2 Å². The van der Waals surface area contributed by atoms with Crippen molar-refractivity contribution in [2.24, 2.45) is 0 Å². The number of piperazine rings is 1. The normalized spacial score (nSPS) is 15.4. The summed E-state index contributed by atoms with van der Waals surface area (Å²) in [6, 6.07) is 14.8. The zero-order chi connectivity index (χ0) is 23.5. The summed E-state index contributed by atoms with van der Waals surface area (Å²) in [6.45, 7) is 3.60. The third-order valence-corrected chi connectivity index (χ3v) is 6.26. The third kappa shape index (κ3) is 4.71. The molecule has 0 unspecified atom stereocenters. The Labute approximate surface area is 201 Å². The summed E-state index contributed by atoms with van der Waals surface area (Å²) in [7, 11) is 0. The van der Waals surface area contributed by atoms with E-state index < -0.39 is 0 Å². The molecule has 1 N–H and O–H groups in total. The third-order valence-electron chi connectivity index (χ3n) is 5.91. The van der Waals surface area contributed by atoms with Crippen molar-refractivity contribution in [2.45, 2.75) is 6.54 Å². The molecule has 0 atom stereocenters. The second-order valence-electron chi connectivity index (χ2n) is 8.12. The Morgan fingerprint density at radius 2 is 1.79 bits per heavy atom. The van der Waals surface area contributed by atoms with Crippen LogP contribution in [-0.4, -0.2) is 60.1 Å². The van der Waals surface area contributed by atoms with Gasteiger partial charge in [0.05, 0.1) is 24.1 Å². The van der Waals surface area contributed by atoms with Crippen LogP contribution in [0.4, 0.5) is 5.69 Å². The fourth-order valence-corrected chi connectivity index (χ4v) is 4.30. The average Bonchev–Trinajstić information content (AvgIpc) is 3.34. The number of hydrogen-bond donors (Lipinski definition) is 1. The summed E-state index contributed by atoms with van der Waals surface area (Å²) in [5.74, 6) is 1.38. The molecule has 5 rings (SSSR count). The number of carbonyl (C=O) groups is 1. The fraction of sp³-hybridized carbons (Fsp3) is 0.292. The Balaban J connectivity index is 1.14. The molecule has 0 radical (unpaired) electrons. The van der Waals surface area contributed by atoms with Gasteiger partial charge in [-0.05, 0) is 29.8 Å². The van der Waals surface area contributed by atoms with E-state index in [4.69, 9.17) is 21.1 Å². The number of carbonyl (C=O) groups excluding carboxylic acids is 1. The topological polar surface area (TPSA) is 88.9 Å². The van der Waals surface area contributed by atoms with E-state index in [-0.39, 0.29) is 23.3 Å². The largest absolute Gasteiger partial charge is 0.454 e. The van der Waals surface area contributed by atoms with Gasteiger partial charge in [0.25, 0.3) is 5.56 Å². The van der Waals surface area contributed by atoms with Crippen LogP contribution in [0.3, 0.4) is 0 Å². The van der Waals surface area contributed by atoms with Gasteiger partial charge in [-0.2, -0.15) is 9.78 Å². The Morgan fingerprint density at radius 1 is 1.03 bits per heavy atom. The molecule has 1 fully saturated rings. The van der Waals surface area contributed by atoms with Crippen molar-refractivity contribution in [3.8, 4) is 17.2 Å². The smallest absolute Gasteiger partial charge is 0.292 e. The summed E-state index contributed by atoms with van der Waals surface area (Å²) >= 11 is 6.43. The van der Waals surface area contributed by atoms with Gasteiger partial charge in [0, 0.05) is 32.7 Å². The molecule has 1 aromatic heterocycles. The highest BCUT2D eigenvalue weighted by atomic mass is 35.5. The van der Waals surface area contributed by atoms with Crippen molar-refractivity contribution in [1.29, 1.82) is 0 Å². The number of rotatable bonds is 6. The van der Waals surface area contributed by atoms with E-state index in [1.807, 2.05) is 41.3 Å². The number of hydrogen-bond acceptors (Lipinski definition) is 7. The van der Waals surface area contributed by atoms with Crippen molar-refractivity contribution in [2.75, 3.05) is 44.4 Å². The van der Waals surface area contributed by atoms with Crippen LogP contribution >= 0.6 is 11.6 Å². The first-order chi connectivity index (χ1) is 16.6. The van der Waals surface area contributed by atoms with Gasteiger partial charge in [-0.15, -0.1) is 0 Å². The maximum atomic E-state index is 12.8. The number of fused-ring (bicyclic) bond motifs is 1. The molecule has 10 heteroatoms. The number of ether oxygens (including phenoxy) is 2. The lowest BCUT2D eigenvalue weighted by Gasteiger charge is -2.35. The van der Waals surface area contributed by atoms with E-state index in [0.29, 0.717) is 56.4 Å². The predicted molar refractivity (Wildman–Crippen MR) is 128 cm³/mol. The van der Waals surface area contributed by atoms with Crippen molar-refractivity contribution in [3.63, 3.8) is 0 Å². The lowest BCUT2D eigenvalue weighted by molar-refractivity contribution is -0.122. The second kappa shape index (κ2) is 9.74. The summed E-state index contributed by atoms with van der Waals surface area (Å²) in [4.78, 5) is 29.3. The van der Waals surface area contributed by atoms with Crippen molar-refractivity contribution < 1.29 is 14.3 Å². The van der Waals surface area contributed by atoms with Crippen molar-refractivity contribution in [1.82, 2.24) is 20.0 Å². The van der Waals surface area contributed by atoms with E-state index in [1.54, 1.807) is 18.3 Å². The van der Waals surface area contributed by atoms with Gasteiger partial charge >= 0.3 is 0 Å². The number of nitrogens with one attached hydrogen (secondary N) is 1. The van der Waals surface area contributed by atoms with E-state index in [2.05, 4.69) is 15.3 Å². The minimum absolute atomic E-state index is 0.0451. The van der Waals surface area contributed by atoms with Crippen LogP contribution in [0.15, 0.2) is 59.5 Å². The Hall–Kier alpha value is -3.56. The Kier molecular flexibility index (Phi) is 6.37. The van der Waals surface area contributed by atoms with E-state index in [1.165, 1.54) is 4.68 Å². The molecule has 2 aliphatic heterocycles. The fourth-order valence-electron chi connectivity index (χ4n) is 4.06. The molecule has 3 heterocycles. The summed E-state index contributed by atoms with van der Waals surface area (Å²) < 4.78 is 12.0. The molecule has 0 bridgehead atoms. The van der Waals surface area contributed by atoms with Crippen molar-refractivity contribution >= 4 is 23.2 Å². The molecule has 1 amide bonds. The highest BCUT2D eigenvalue weighted by Gasteiger charge is 2.23. The van der Waals surface area contributed by atoms with Crippen LogP contribution in [0.5, 0.6) is 11.5 Å². The zero-order valence-electron chi connectivity index (χ0n) is 18.4. The number of halogens is 1. The average molecular weight is 482 g/mol. The molecule has 2 aliphatic rings. The van der Waals surface area contributed by atoms with Gasteiger partial charge in [-0.25, -0.2) is 0 Å². The van der Waals surface area contributed by atoms with Gasteiger partial charge < -0.3 is 19.7 Å². The van der Waals surface area contributed by atoms with Gasteiger partial charge in [0.15, 0.2) is 11.5 Å². The Morgan fingerprint density at radius 3 is 2.59 bits per heavy atom. The molecule has 176 valence electrons. The van der Waals surface area contributed by atoms with Crippen LogP contribution in [-0.2, 0) is 11.3 Å². The minimum atomic E-state index is -0.351. The molecule has 3 aromatic rings. The molecule has 0 aliphatic carbocycles. The number of amides is 1. The molecule has 34 heavy (non-hydrogen) atoms. The number of nitrogens with zero attached hydrogens (tertiary/aromatic N) is 4. The van der Waals surface area contributed by atoms with Crippen LogP contribution in [0.1, 0.15) is 5.56 Å². The first-order valence-corrected chi connectivity index (χ1v) is 11.4. The highest BCUT2D eigenvalue weighted by molar-refractivity contribution is 6.33. The Bertz CT molecular complexity index is 1240. The number of benzene rings is 2. The van der Waals surface area contributed by atoms with Gasteiger partial charge in [0.1, 0.15) is 5.02 Å². The standard InChI is InChI=1S/C24H24ClN5O4/c25-23-19(14-27-30(24(23)32)18-4-2-1-3-5-18)29-10-8-28(9-11-29)15-22(31)26-13-17-6-7-20-21(12-17)34-16-33-20/h1-7,12,14H,8-11,13,15-16H2,(H,26,31). The van der Waals surface area contributed by atoms with Crippen LogP contribution in [0, 0.1) is 0 Å². The molecular formula is C24H24ClN5O4. The van der Waals surface area contributed by atoms with Crippen LogP contribution in [0.2, 0.25) is 5.02 Å². The number of anilines is 1. The van der Waals surface area contributed by atoms with Gasteiger partial charge in [0.2, 0.25) is 12.7 Å². The van der Waals surface area contributed by atoms with Crippen molar-refractivity contribution in [3.05, 3.63) is 75.7 Å². The predicted octanol–water partition coefficient (Wildman–Crippen LogP) is 2.05. The zero-order valence-corrected chi connectivity index (χ0v) is 19.2. The molecular weight excluding hydrogens is 458 g/mol. The van der Waals surface area contributed by atoms with Gasteiger partial charge in [-0.3, -0.25) is 14.5 Å². The quantitative estimate of drug-likeness (QED) is 0.576. The maximum Gasteiger partial charge on any atom is 0.292 e. The second-order valence-corrected chi connectivity index (χ2v) is 8.50. The highest BCUT2D eigenvalue weighted by Crippen LogP contribution is 2.32. The molecule has 1 saturated heterocycles. The maximum absolute atomic E-state index is 12.8. The number of aromatic nitrogens is 2. The first kappa shape index (κ1) is 22.2. The number of para-hydroxylation sites is 1. The first-order valence-electron chi connectivity index (χ1n) is 11.0. The van der Waals surface area contributed by atoms with E-state index >= 15 is 0 Å².